The summed E-state index contributed by atoms with van der Waals surface area (Å²) in [6.07, 6.45) is 2.79. The second-order valence-electron chi connectivity index (χ2n) is 13.4. The predicted octanol–water partition coefficient (Wildman–Crippen LogP) is 3.98. The number of hydrogen-bond acceptors (Lipinski definition) is 10. The smallest absolute Gasteiger partial charge is 0.350 e. The van der Waals surface area contributed by atoms with Crippen LogP contribution in [-0.2, 0) is 44.7 Å². The van der Waals surface area contributed by atoms with E-state index in [-0.39, 0.29) is 19.2 Å². The van der Waals surface area contributed by atoms with Crippen LogP contribution in [0.1, 0.15) is 93.6 Å². The third-order valence-corrected chi connectivity index (χ3v) is 6.03. The molecule has 1 aromatic carbocycles. The van der Waals surface area contributed by atoms with Gasteiger partial charge in [-0.1, -0.05) is 43.2 Å². The first-order valence-electron chi connectivity index (χ1n) is 14.2. The Morgan fingerprint density at radius 3 is 1.59 bits per heavy atom. The summed E-state index contributed by atoms with van der Waals surface area (Å²) in [6, 6.07) is 8.42. The molecule has 2 rings (SSSR count). The normalized spacial score (nSPS) is 18.3. The van der Waals surface area contributed by atoms with E-state index in [0.717, 1.165) is 18.4 Å². The molecule has 230 valence electrons. The van der Waals surface area contributed by atoms with Crippen molar-refractivity contribution in [1.29, 1.82) is 0 Å². The Hall–Kier alpha value is -2.98. The molecule has 0 amide bonds. The van der Waals surface area contributed by atoms with Gasteiger partial charge in [0.1, 0.15) is 23.4 Å². The predicted molar refractivity (Wildman–Crippen MR) is 154 cm³/mol. The van der Waals surface area contributed by atoms with Gasteiger partial charge in [0, 0.05) is 12.1 Å². The van der Waals surface area contributed by atoms with E-state index < -0.39 is 52.3 Å². The highest BCUT2D eigenvalue weighted by atomic mass is 16.6. The molecule has 0 bridgehead atoms. The average Bonchev–Trinajstić information content (AvgIpc) is 2.82. The number of nitrogens with one attached hydrogen (secondary N) is 2. The first kappa shape index (κ1) is 34.2. The topological polar surface area (TPSA) is 129 Å². The lowest BCUT2D eigenvalue weighted by atomic mass is 9.86. The molecule has 41 heavy (non-hydrogen) atoms. The summed E-state index contributed by atoms with van der Waals surface area (Å²) in [7, 11) is 0. The van der Waals surface area contributed by atoms with E-state index in [1.807, 2.05) is 30.3 Å². The lowest BCUT2D eigenvalue weighted by Gasteiger charge is -2.40. The summed E-state index contributed by atoms with van der Waals surface area (Å²) in [6.45, 7) is 14.9. The van der Waals surface area contributed by atoms with Gasteiger partial charge in [-0.2, -0.15) is 0 Å². The summed E-state index contributed by atoms with van der Waals surface area (Å²) in [4.78, 5) is 54.0. The van der Waals surface area contributed by atoms with E-state index in [1.54, 1.807) is 62.3 Å². The molecule has 2 atom stereocenters. The van der Waals surface area contributed by atoms with Crippen molar-refractivity contribution in [3.8, 4) is 0 Å². The molecule has 1 aliphatic carbocycles. The van der Waals surface area contributed by atoms with Crippen LogP contribution in [0.5, 0.6) is 0 Å². The number of esters is 4. The van der Waals surface area contributed by atoms with E-state index in [0.29, 0.717) is 12.8 Å². The maximum Gasteiger partial charge on any atom is 0.350 e. The van der Waals surface area contributed by atoms with Gasteiger partial charge in [0.25, 0.3) is 0 Å². The highest BCUT2D eigenvalue weighted by Gasteiger charge is 2.61. The Kier molecular flexibility index (Phi) is 11.5. The molecular weight excluding hydrogens is 528 g/mol. The van der Waals surface area contributed by atoms with Crippen molar-refractivity contribution in [2.45, 2.75) is 129 Å². The lowest BCUT2D eigenvalue weighted by Crippen LogP contribution is -2.72. The van der Waals surface area contributed by atoms with Crippen LogP contribution >= 0.6 is 0 Å². The number of carbonyl (C=O) groups is 4. The fourth-order valence-corrected chi connectivity index (χ4v) is 4.32. The Balaban J connectivity index is 2.37. The zero-order valence-corrected chi connectivity index (χ0v) is 26.1. The minimum atomic E-state index is -2.59. The SMILES string of the molecule is CC(C)(C)OC(=O)C(NC1CCCCC1NCC(=O)OCc1ccccc1)(C(=O)OC(C)(C)C)C(=O)OC(C)(C)C. The maximum atomic E-state index is 13.8. The third kappa shape index (κ3) is 11.1. The monoisotopic (exact) mass is 576 g/mol. The van der Waals surface area contributed by atoms with E-state index in [2.05, 4.69) is 10.6 Å². The molecule has 0 radical (unpaired) electrons. The van der Waals surface area contributed by atoms with E-state index >= 15 is 0 Å². The van der Waals surface area contributed by atoms with Crippen LogP contribution in [0.2, 0.25) is 0 Å². The molecule has 0 saturated heterocycles. The minimum Gasteiger partial charge on any atom is -0.460 e. The van der Waals surface area contributed by atoms with Gasteiger partial charge in [0.05, 0.1) is 6.54 Å². The van der Waals surface area contributed by atoms with Crippen LogP contribution in [0.4, 0.5) is 0 Å². The molecule has 10 nitrogen and oxygen atoms in total. The number of carbonyl (C=O) groups excluding carboxylic acids is 4. The van der Waals surface area contributed by atoms with Crippen molar-refractivity contribution >= 4 is 23.9 Å². The van der Waals surface area contributed by atoms with E-state index in [9.17, 15) is 19.2 Å². The summed E-state index contributed by atoms with van der Waals surface area (Å²) < 4.78 is 22.3. The molecule has 2 unspecified atom stereocenters. The minimum absolute atomic E-state index is 0.0893. The summed E-state index contributed by atoms with van der Waals surface area (Å²) >= 11 is 0. The van der Waals surface area contributed by atoms with Crippen molar-refractivity contribution in [2.24, 2.45) is 0 Å². The molecule has 1 aliphatic rings. The molecule has 0 spiro atoms. The van der Waals surface area contributed by atoms with Crippen LogP contribution in [0.25, 0.3) is 0 Å². The van der Waals surface area contributed by atoms with Crippen molar-refractivity contribution in [3.63, 3.8) is 0 Å². The van der Waals surface area contributed by atoms with Gasteiger partial charge < -0.3 is 24.3 Å². The standard InChI is InChI=1S/C31H48N2O8/c1-28(2,3)39-25(35)31(26(36)40-29(4,5)6,27(37)41-30(7,8)9)33-23-18-14-13-17-22(23)32-19-24(34)38-20-21-15-11-10-12-16-21/h10-12,15-16,22-23,32-33H,13-14,17-20H2,1-9H3. The molecule has 1 fully saturated rings. The van der Waals surface area contributed by atoms with Gasteiger partial charge in [0.15, 0.2) is 0 Å². The summed E-state index contributed by atoms with van der Waals surface area (Å²) in [5, 5.41) is 6.23. The number of rotatable bonds is 10. The summed E-state index contributed by atoms with van der Waals surface area (Å²) in [5.41, 5.74) is -4.76. The number of benzene rings is 1. The van der Waals surface area contributed by atoms with Crippen LogP contribution in [0.3, 0.4) is 0 Å². The Morgan fingerprint density at radius 1 is 0.707 bits per heavy atom. The van der Waals surface area contributed by atoms with Gasteiger partial charge in [-0.15, -0.1) is 0 Å². The largest absolute Gasteiger partial charge is 0.460 e. The first-order valence-corrected chi connectivity index (χ1v) is 14.2. The van der Waals surface area contributed by atoms with E-state index in [1.165, 1.54) is 0 Å². The van der Waals surface area contributed by atoms with Gasteiger partial charge in [-0.25, -0.2) is 14.4 Å². The molecule has 1 aromatic rings. The first-order chi connectivity index (χ1) is 18.8. The number of hydrogen-bond donors (Lipinski definition) is 2. The van der Waals surface area contributed by atoms with E-state index in [4.69, 9.17) is 18.9 Å². The lowest BCUT2D eigenvalue weighted by molar-refractivity contribution is -0.192. The fourth-order valence-electron chi connectivity index (χ4n) is 4.32. The molecule has 0 heterocycles. The highest BCUT2D eigenvalue weighted by Crippen LogP contribution is 2.28. The van der Waals surface area contributed by atoms with Crippen LogP contribution in [0.15, 0.2) is 30.3 Å². The molecule has 0 aromatic heterocycles. The highest BCUT2D eigenvalue weighted by molar-refractivity contribution is 6.23. The van der Waals surface area contributed by atoms with Crippen LogP contribution in [-0.4, -0.2) is 64.8 Å². The van der Waals surface area contributed by atoms with Crippen LogP contribution in [0, 0.1) is 0 Å². The number of ether oxygens (including phenoxy) is 4. The quantitative estimate of drug-likeness (QED) is 0.240. The third-order valence-electron chi connectivity index (χ3n) is 6.03. The fraction of sp³-hybridized carbons (Fsp3) is 0.677. The Labute approximate surface area is 244 Å². The van der Waals surface area contributed by atoms with Gasteiger partial charge >= 0.3 is 29.4 Å². The van der Waals surface area contributed by atoms with Crippen molar-refractivity contribution < 1.29 is 38.1 Å². The second kappa shape index (κ2) is 13.8. The summed E-state index contributed by atoms with van der Waals surface area (Å²) in [5.74, 6) is -3.78. The van der Waals surface area contributed by atoms with Crippen molar-refractivity contribution in [2.75, 3.05) is 6.54 Å². The average molecular weight is 577 g/mol. The Bertz CT molecular complexity index is 981. The van der Waals surface area contributed by atoms with Gasteiger partial charge in [-0.05, 0) is 80.7 Å². The van der Waals surface area contributed by atoms with Crippen molar-refractivity contribution in [3.05, 3.63) is 35.9 Å². The molecule has 0 aliphatic heterocycles. The molecular formula is C31H48N2O8. The maximum absolute atomic E-state index is 13.8. The van der Waals surface area contributed by atoms with Crippen molar-refractivity contribution in [1.82, 2.24) is 10.6 Å². The van der Waals surface area contributed by atoms with Gasteiger partial charge in [0.2, 0.25) is 0 Å². The van der Waals surface area contributed by atoms with Gasteiger partial charge in [-0.3, -0.25) is 10.1 Å². The zero-order chi connectivity index (χ0) is 31.1. The molecule has 10 heteroatoms. The molecule has 2 N–H and O–H groups in total. The Morgan fingerprint density at radius 2 is 1.15 bits per heavy atom. The zero-order valence-electron chi connectivity index (χ0n) is 26.1. The molecule has 1 saturated carbocycles. The van der Waals surface area contributed by atoms with Crippen LogP contribution < -0.4 is 10.6 Å². The second-order valence-corrected chi connectivity index (χ2v) is 13.4.